The molecule has 0 bridgehead atoms. The van der Waals surface area contributed by atoms with Crippen LogP contribution in [0.25, 0.3) is 0 Å². The second-order valence-electron chi connectivity index (χ2n) is 5.88. The topological polar surface area (TPSA) is 76.2 Å². The molecule has 0 unspecified atom stereocenters. The Kier molecular flexibility index (Phi) is 7.82. The van der Waals surface area contributed by atoms with Crippen molar-refractivity contribution in [3.63, 3.8) is 0 Å². The lowest BCUT2D eigenvalue weighted by Gasteiger charge is -2.36. The van der Waals surface area contributed by atoms with Gasteiger partial charge in [-0.05, 0) is 24.3 Å². The number of aldehydes is 1. The fourth-order valence-corrected chi connectivity index (χ4v) is 2.67. The maximum Gasteiger partial charge on any atom is 0.330 e. The van der Waals surface area contributed by atoms with Crippen molar-refractivity contribution in [3.05, 3.63) is 42.5 Å². The van der Waals surface area contributed by atoms with Crippen molar-refractivity contribution in [1.29, 1.82) is 0 Å². The van der Waals surface area contributed by atoms with E-state index in [-0.39, 0.29) is 19.2 Å². The molecule has 2 rings (SSSR count). The molecule has 1 heterocycles. The minimum Gasteiger partial charge on any atom is -0.462 e. The van der Waals surface area contributed by atoms with E-state index in [0.29, 0.717) is 18.5 Å². The van der Waals surface area contributed by atoms with Gasteiger partial charge in [0.15, 0.2) is 0 Å². The standard InChI is InChI=1S/C19H24N2O5/c1-2-18(23)25-13-14-26-19(24)7-8-20-9-11-21(12-10-20)17-5-3-16(15-22)4-6-17/h2-6,15H,1,7-14H2. The molecule has 0 aliphatic carbocycles. The highest BCUT2D eigenvalue weighted by Crippen LogP contribution is 2.17. The van der Waals surface area contributed by atoms with E-state index >= 15 is 0 Å². The van der Waals surface area contributed by atoms with Gasteiger partial charge in [-0.25, -0.2) is 4.79 Å². The quantitative estimate of drug-likeness (QED) is 0.284. The van der Waals surface area contributed by atoms with Crippen LogP contribution in [0, 0.1) is 0 Å². The van der Waals surface area contributed by atoms with E-state index in [1.54, 1.807) is 0 Å². The lowest BCUT2D eigenvalue weighted by atomic mass is 10.2. The van der Waals surface area contributed by atoms with Crippen LogP contribution < -0.4 is 4.90 Å². The highest BCUT2D eigenvalue weighted by Gasteiger charge is 2.18. The summed E-state index contributed by atoms with van der Waals surface area (Å²) in [5.74, 6) is -0.828. The van der Waals surface area contributed by atoms with Gasteiger partial charge in [0.2, 0.25) is 0 Å². The molecule has 1 aliphatic rings. The summed E-state index contributed by atoms with van der Waals surface area (Å²) in [6.45, 7) is 7.48. The van der Waals surface area contributed by atoms with Crippen molar-refractivity contribution < 1.29 is 23.9 Å². The zero-order chi connectivity index (χ0) is 18.8. The summed E-state index contributed by atoms with van der Waals surface area (Å²) in [6, 6.07) is 7.54. The Labute approximate surface area is 153 Å². The van der Waals surface area contributed by atoms with Gasteiger partial charge in [-0.15, -0.1) is 0 Å². The van der Waals surface area contributed by atoms with Crippen molar-refractivity contribution in [3.8, 4) is 0 Å². The van der Waals surface area contributed by atoms with Gasteiger partial charge in [0.1, 0.15) is 19.5 Å². The largest absolute Gasteiger partial charge is 0.462 e. The molecule has 1 fully saturated rings. The first-order chi connectivity index (χ1) is 12.6. The van der Waals surface area contributed by atoms with E-state index < -0.39 is 5.97 Å². The molecule has 1 aromatic rings. The predicted octanol–water partition coefficient (Wildman–Crippen LogP) is 1.28. The number of benzene rings is 1. The van der Waals surface area contributed by atoms with Crippen LogP contribution in [-0.2, 0) is 19.1 Å². The maximum atomic E-state index is 11.7. The Morgan fingerprint density at radius 3 is 2.31 bits per heavy atom. The molecular formula is C19H24N2O5. The van der Waals surface area contributed by atoms with Crippen molar-refractivity contribution in [1.82, 2.24) is 4.90 Å². The summed E-state index contributed by atoms with van der Waals surface area (Å²) < 4.78 is 9.76. The maximum absolute atomic E-state index is 11.7. The third kappa shape index (κ3) is 6.33. The molecule has 1 saturated heterocycles. The van der Waals surface area contributed by atoms with Crippen LogP contribution >= 0.6 is 0 Å². The monoisotopic (exact) mass is 360 g/mol. The number of rotatable bonds is 9. The molecular weight excluding hydrogens is 336 g/mol. The van der Waals surface area contributed by atoms with E-state index in [9.17, 15) is 14.4 Å². The third-order valence-electron chi connectivity index (χ3n) is 4.16. The number of hydrogen-bond donors (Lipinski definition) is 0. The SMILES string of the molecule is C=CC(=O)OCCOC(=O)CCN1CCN(c2ccc(C=O)cc2)CC1. The van der Waals surface area contributed by atoms with Gasteiger partial charge in [0.05, 0.1) is 6.42 Å². The van der Waals surface area contributed by atoms with Crippen LogP contribution in [0.15, 0.2) is 36.9 Å². The van der Waals surface area contributed by atoms with E-state index in [4.69, 9.17) is 9.47 Å². The second kappa shape index (κ2) is 10.4. The summed E-state index contributed by atoms with van der Waals surface area (Å²) in [7, 11) is 0. The average Bonchev–Trinajstić information content (AvgIpc) is 2.70. The number of anilines is 1. The van der Waals surface area contributed by atoms with E-state index in [2.05, 4.69) is 16.4 Å². The number of piperazine rings is 1. The van der Waals surface area contributed by atoms with Crippen molar-refractivity contribution in [2.45, 2.75) is 6.42 Å². The Bertz CT molecular complexity index is 621. The van der Waals surface area contributed by atoms with Crippen molar-refractivity contribution in [2.75, 3.05) is 50.8 Å². The minimum atomic E-state index is -0.528. The van der Waals surface area contributed by atoms with Gasteiger partial charge in [-0.1, -0.05) is 6.58 Å². The fourth-order valence-electron chi connectivity index (χ4n) is 2.67. The normalized spacial score (nSPS) is 14.5. The lowest BCUT2D eigenvalue weighted by Crippen LogP contribution is -2.47. The van der Waals surface area contributed by atoms with E-state index in [0.717, 1.165) is 44.2 Å². The number of hydrogen-bond acceptors (Lipinski definition) is 7. The fraction of sp³-hybridized carbons (Fsp3) is 0.421. The zero-order valence-corrected chi connectivity index (χ0v) is 14.8. The molecule has 0 amide bonds. The molecule has 26 heavy (non-hydrogen) atoms. The molecule has 0 N–H and O–H groups in total. The van der Waals surface area contributed by atoms with Crippen molar-refractivity contribution in [2.24, 2.45) is 0 Å². The Hall–Kier alpha value is -2.67. The molecule has 140 valence electrons. The average molecular weight is 360 g/mol. The third-order valence-corrected chi connectivity index (χ3v) is 4.16. The van der Waals surface area contributed by atoms with Gasteiger partial charge in [0.25, 0.3) is 0 Å². The van der Waals surface area contributed by atoms with Gasteiger partial charge in [0, 0.05) is 50.1 Å². The van der Waals surface area contributed by atoms with Crippen LogP contribution in [-0.4, -0.2) is 69.1 Å². The molecule has 0 atom stereocenters. The Morgan fingerprint density at radius 1 is 1.04 bits per heavy atom. The Balaban J connectivity index is 1.62. The predicted molar refractivity (Wildman–Crippen MR) is 97.2 cm³/mol. The van der Waals surface area contributed by atoms with Crippen LogP contribution in [0.1, 0.15) is 16.8 Å². The number of carbonyl (C=O) groups is 3. The highest BCUT2D eigenvalue weighted by molar-refractivity contribution is 5.81. The minimum absolute atomic E-state index is 0.0398. The van der Waals surface area contributed by atoms with Crippen LogP contribution in [0.2, 0.25) is 0 Å². The second-order valence-corrected chi connectivity index (χ2v) is 5.88. The van der Waals surface area contributed by atoms with Crippen LogP contribution in [0.4, 0.5) is 5.69 Å². The summed E-state index contributed by atoms with van der Waals surface area (Å²) in [6.07, 6.45) is 2.21. The number of ether oxygens (including phenoxy) is 2. The molecule has 0 saturated carbocycles. The van der Waals surface area contributed by atoms with Gasteiger partial charge in [-0.3, -0.25) is 14.5 Å². The summed E-state index contributed by atoms with van der Waals surface area (Å²) in [5, 5.41) is 0. The molecule has 0 radical (unpaired) electrons. The first-order valence-corrected chi connectivity index (χ1v) is 8.59. The lowest BCUT2D eigenvalue weighted by molar-refractivity contribution is -0.149. The Morgan fingerprint density at radius 2 is 1.69 bits per heavy atom. The molecule has 1 aromatic carbocycles. The first-order valence-electron chi connectivity index (χ1n) is 8.59. The summed E-state index contributed by atoms with van der Waals surface area (Å²) in [4.78, 5) is 37.7. The van der Waals surface area contributed by atoms with Crippen LogP contribution in [0.5, 0.6) is 0 Å². The molecule has 7 heteroatoms. The van der Waals surface area contributed by atoms with Crippen LogP contribution in [0.3, 0.4) is 0 Å². The zero-order valence-electron chi connectivity index (χ0n) is 14.8. The smallest absolute Gasteiger partial charge is 0.330 e. The highest BCUT2D eigenvalue weighted by atomic mass is 16.6. The van der Waals surface area contributed by atoms with Gasteiger partial charge in [-0.2, -0.15) is 0 Å². The first kappa shape index (κ1) is 19.7. The van der Waals surface area contributed by atoms with Gasteiger partial charge >= 0.3 is 11.9 Å². The van der Waals surface area contributed by atoms with E-state index in [1.165, 1.54) is 0 Å². The molecule has 0 spiro atoms. The van der Waals surface area contributed by atoms with Gasteiger partial charge < -0.3 is 14.4 Å². The van der Waals surface area contributed by atoms with Crippen molar-refractivity contribution >= 4 is 23.9 Å². The number of esters is 2. The molecule has 1 aliphatic heterocycles. The summed E-state index contributed by atoms with van der Waals surface area (Å²) >= 11 is 0. The number of carbonyl (C=O) groups excluding carboxylic acids is 3. The van der Waals surface area contributed by atoms with E-state index in [1.807, 2.05) is 24.3 Å². The summed E-state index contributed by atoms with van der Waals surface area (Å²) in [5.41, 5.74) is 1.77. The molecule has 0 aromatic heterocycles. The molecule has 7 nitrogen and oxygen atoms in total. The number of nitrogens with zero attached hydrogens (tertiary/aromatic N) is 2.